The van der Waals surface area contributed by atoms with E-state index in [-0.39, 0.29) is 6.03 Å². The number of nitrogens with zero attached hydrogens (tertiary/aromatic N) is 2. The standard InChI is InChI=1S/C11H14BrN3O/c1-14-4-5-15(11(14)16)7-8-2-3-9(13)6-10(8)12/h2-3,6H,4-5,7,13H2,1H3. The van der Waals surface area contributed by atoms with Crippen LogP contribution in [0, 0.1) is 0 Å². The topological polar surface area (TPSA) is 49.6 Å². The predicted molar refractivity (Wildman–Crippen MR) is 67.0 cm³/mol. The minimum Gasteiger partial charge on any atom is -0.399 e. The third-order valence-corrected chi connectivity index (χ3v) is 3.48. The minimum absolute atomic E-state index is 0.0868. The molecule has 0 saturated carbocycles. The molecule has 5 heteroatoms. The van der Waals surface area contributed by atoms with Gasteiger partial charge < -0.3 is 15.5 Å². The third-order valence-electron chi connectivity index (χ3n) is 2.74. The lowest BCUT2D eigenvalue weighted by Crippen LogP contribution is -2.29. The van der Waals surface area contributed by atoms with Crippen molar-refractivity contribution in [1.82, 2.24) is 9.80 Å². The first kappa shape index (κ1) is 11.3. The Hall–Kier alpha value is -1.23. The van der Waals surface area contributed by atoms with E-state index in [1.165, 1.54) is 0 Å². The predicted octanol–water partition coefficient (Wildman–Crippen LogP) is 1.90. The first-order valence-electron chi connectivity index (χ1n) is 5.12. The summed E-state index contributed by atoms with van der Waals surface area (Å²) < 4.78 is 0.954. The Bertz CT molecular complexity index is 422. The molecule has 0 spiro atoms. The van der Waals surface area contributed by atoms with Crippen molar-refractivity contribution in [2.45, 2.75) is 6.54 Å². The first-order valence-corrected chi connectivity index (χ1v) is 5.91. The molecule has 1 fully saturated rings. The molecule has 2 amide bonds. The van der Waals surface area contributed by atoms with Crippen molar-refractivity contribution in [2.24, 2.45) is 0 Å². The molecule has 1 heterocycles. The molecule has 2 rings (SSSR count). The summed E-state index contributed by atoms with van der Waals surface area (Å²) in [5, 5.41) is 0. The van der Waals surface area contributed by atoms with Crippen LogP contribution in [0.4, 0.5) is 10.5 Å². The second kappa shape index (κ2) is 4.33. The number of carbonyl (C=O) groups is 1. The zero-order valence-corrected chi connectivity index (χ0v) is 10.7. The molecule has 0 aromatic heterocycles. The Morgan fingerprint density at radius 3 is 2.75 bits per heavy atom. The van der Waals surface area contributed by atoms with Gasteiger partial charge in [0.15, 0.2) is 0 Å². The van der Waals surface area contributed by atoms with E-state index in [2.05, 4.69) is 15.9 Å². The van der Waals surface area contributed by atoms with Gasteiger partial charge in [-0.15, -0.1) is 0 Å². The number of urea groups is 1. The molecule has 1 aliphatic heterocycles. The van der Waals surface area contributed by atoms with Gasteiger partial charge in [-0.3, -0.25) is 0 Å². The Balaban J connectivity index is 2.12. The summed E-state index contributed by atoms with van der Waals surface area (Å²) in [6.07, 6.45) is 0. The highest BCUT2D eigenvalue weighted by molar-refractivity contribution is 9.10. The van der Waals surface area contributed by atoms with Crippen LogP contribution in [0.3, 0.4) is 0 Å². The zero-order valence-electron chi connectivity index (χ0n) is 9.11. The van der Waals surface area contributed by atoms with Crippen LogP contribution in [-0.4, -0.2) is 36.0 Å². The first-order chi connectivity index (χ1) is 7.58. The van der Waals surface area contributed by atoms with E-state index in [1.54, 1.807) is 4.90 Å². The fraction of sp³-hybridized carbons (Fsp3) is 0.364. The average Bonchev–Trinajstić information content (AvgIpc) is 2.54. The van der Waals surface area contributed by atoms with Crippen LogP contribution in [0.2, 0.25) is 0 Å². The zero-order chi connectivity index (χ0) is 11.7. The number of anilines is 1. The molecule has 1 aromatic carbocycles. The number of carbonyl (C=O) groups excluding carboxylic acids is 1. The quantitative estimate of drug-likeness (QED) is 0.843. The lowest BCUT2D eigenvalue weighted by atomic mass is 10.2. The molecule has 1 aromatic rings. The molecule has 2 N–H and O–H groups in total. The van der Waals surface area contributed by atoms with Crippen LogP contribution in [0.25, 0.3) is 0 Å². The molecule has 0 radical (unpaired) electrons. The maximum atomic E-state index is 11.7. The van der Waals surface area contributed by atoms with Crippen molar-refractivity contribution < 1.29 is 4.79 Å². The Kier molecular flexibility index (Phi) is 3.05. The molecule has 0 aliphatic carbocycles. The molecule has 1 aliphatic rings. The van der Waals surface area contributed by atoms with Crippen molar-refractivity contribution in [2.75, 3.05) is 25.9 Å². The van der Waals surface area contributed by atoms with Gasteiger partial charge in [-0.05, 0) is 17.7 Å². The van der Waals surface area contributed by atoms with Crippen molar-refractivity contribution >= 4 is 27.6 Å². The molecule has 4 nitrogen and oxygen atoms in total. The Labute approximate surface area is 103 Å². The van der Waals surface area contributed by atoms with E-state index >= 15 is 0 Å². The van der Waals surface area contributed by atoms with Crippen LogP contribution < -0.4 is 5.73 Å². The largest absolute Gasteiger partial charge is 0.399 e. The molecule has 0 bridgehead atoms. The van der Waals surface area contributed by atoms with Crippen LogP contribution in [0.1, 0.15) is 5.56 Å². The SMILES string of the molecule is CN1CCN(Cc2ccc(N)cc2Br)C1=O. The maximum Gasteiger partial charge on any atom is 0.320 e. The van der Waals surface area contributed by atoms with Crippen LogP contribution >= 0.6 is 15.9 Å². The number of hydrogen-bond donors (Lipinski definition) is 1. The Morgan fingerprint density at radius 1 is 1.44 bits per heavy atom. The van der Waals surface area contributed by atoms with Gasteiger partial charge in [-0.25, -0.2) is 4.79 Å². The number of rotatable bonds is 2. The number of likely N-dealkylation sites (N-methyl/N-ethyl adjacent to an activating group) is 1. The summed E-state index contributed by atoms with van der Waals surface area (Å²) in [6, 6.07) is 5.75. The van der Waals surface area contributed by atoms with Crippen molar-refractivity contribution in [3.8, 4) is 0 Å². The normalized spacial score (nSPS) is 16.0. The second-order valence-electron chi connectivity index (χ2n) is 3.98. The molecule has 0 atom stereocenters. The van der Waals surface area contributed by atoms with Crippen molar-refractivity contribution in [1.29, 1.82) is 0 Å². The highest BCUT2D eigenvalue weighted by atomic mass is 79.9. The van der Waals surface area contributed by atoms with Crippen LogP contribution in [-0.2, 0) is 6.54 Å². The number of nitrogens with two attached hydrogens (primary N) is 1. The molecular formula is C11H14BrN3O. The van der Waals surface area contributed by atoms with E-state index in [4.69, 9.17) is 5.73 Å². The summed E-state index contributed by atoms with van der Waals surface area (Å²) >= 11 is 3.46. The van der Waals surface area contributed by atoms with Crippen LogP contribution in [0.15, 0.2) is 22.7 Å². The molecule has 0 unspecified atom stereocenters. The second-order valence-corrected chi connectivity index (χ2v) is 4.83. The van der Waals surface area contributed by atoms with Crippen LogP contribution in [0.5, 0.6) is 0 Å². The minimum atomic E-state index is 0.0868. The molecule has 86 valence electrons. The number of amides is 2. The lowest BCUT2D eigenvalue weighted by molar-refractivity contribution is 0.197. The summed E-state index contributed by atoms with van der Waals surface area (Å²) in [6.45, 7) is 2.21. The van der Waals surface area contributed by atoms with E-state index in [0.29, 0.717) is 6.54 Å². The fourth-order valence-corrected chi connectivity index (χ4v) is 2.27. The van der Waals surface area contributed by atoms with Crippen molar-refractivity contribution in [3.05, 3.63) is 28.2 Å². The van der Waals surface area contributed by atoms with Gasteiger partial charge in [0.25, 0.3) is 0 Å². The number of halogens is 1. The number of nitrogen functional groups attached to an aromatic ring is 1. The number of hydrogen-bond acceptors (Lipinski definition) is 2. The van der Waals surface area contributed by atoms with E-state index < -0.39 is 0 Å². The molecule has 1 saturated heterocycles. The van der Waals surface area contributed by atoms with Crippen molar-refractivity contribution in [3.63, 3.8) is 0 Å². The van der Waals surface area contributed by atoms with Gasteiger partial charge in [-0.1, -0.05) is 22.0 Å². The average molecular weight is 284 g/mol. The summed E-state index contributed by atoms with van der Waals surface area (Å²) in [5.74, 6) is 0. The van der Waals surface area contributed by atoms with Gasteiger partial charge in [0.2, 0.25) is 0 Å². The van der Waals surface area contributed by atoms with Gasteiger partial charge in [0, 0.05) is 36.8 Å². The summed E-state index contributed by atoms with van der Waals surface area (Å²) in [5.41, 5.74) is 7.47. The van der Waals surface area contributed by atoms with E-state index in [1.807, 2.05) is 30.1 Å². The van der Waals surface area contributed by atoms with E-state index in [9.17, 15) is 4.79 Å². The Morgan fingerprint density at radius 2 is 2.19 bits per heavy atom. The summed E-state index contributed by atoms with van der Waals surface area (Å²) in [7, 11) is 1.82. The van der Waals surface area contributed by atoms with Gasteiger partial charge in [0.05, 0.1) is 0 Å². The highest BCUT2D eigenvalue weighted by Crippen LogP contribution is 2.22. The smallest absolute Gasteiger partial charge is 0.320 e. The highest BCUT2D eigenvalue weighted by Gasteiger charge is 2.25. The lowest BCUT2D eigenvalue weighted by Gasteiger charge is -2.17. The fourth-order valence-electron chi connectivity index (χ4n) is 1.75. The monoisotopic (exact) mass is 283 g/mol. The summed E-state index contributed by atoms with van der Waals surface area (Å²) in [4.78, 5) is 15.3. The van der Waals surface area contributed by atoms with Gasteiger partial charge in [0.1, 0.15) is 0 Å². The van der Waals surface area contributed by atoms with Gasteiger partial charge in [-0.2, -0.15) is 0 Å². The molecular weight excluding hydrogens is 270 g/mol. The van der Waals surface area contributed by atoms with E-state index in [0.717, 1.165) is 28.8 Å². The molecule has 16 heavy (non-hydrogen) atoms. The maximum absolute atomic E-state index is 11.7. The van der Waals surface area contributed by atoms with Gasteiger partial charge >= 0.3 is 6.03 Å². The third kappa shape index (κ3) is 2.14. The number of benzene rings is 1.